The summed E-state index contributed by atoms with van der Waals surface area (Å²) in [5.74, 6) is 3.01. The first-order chi connectivity index (χ1) is 17.4. The van der Waals surface area contributed by atoms with Crippen LogP contribution in [-0.2, 0) is 11.3 Å². The van der Waals surface area contributed by atoms with Gasteiger partial charge >= 0.3 is 0 Å². The van der Waals surface area contributed by atoms with Crippen molar-refractivity contribution in [3.05, 3.63) is 36.0 Å². The molecule has 36 heavy (non-hydrogen) atoms. The van der Waals surface area contributed by atoms with Crippen LogP contribution in [0.15, 0.2) is 35.5 Å². The van der Waals surface area contributed by atoms with Crippen LogP contribution < -0.4 is 15.4 Å². The lowest BCUT2D eigenvalue weighted by atomic mass is 10.1. The van der Waals surface area contributed by atoms with Gasteiger partial charge in [-0.3, -0.25) is 4.99 Å². The van der Waals surface area contributed by atoms with Crippen molar-refractivity contribution in [1.29, 1.82) is 0 Å². The molecule has 0 unspecified atom stereocenters. The Morgan fingerprint density at radius 3 is 2.64 bits per heavy atom. The Balaban J connectivity index is 1.60. The average Bonchev–Trinajstić information content (AvgIpc) is 3.42. The highest BCUT2D eigenvalue weighted by atomic mass is 16.5. The number of benzene rings is 1. The summed E-state index contributed by atoms with van der Waals surface area (Å²) in [6.07, 6.45) is 4.38. The summed E-state index contributed by atoms with van der Waals surface area (Å²) in [5.41, 5.74) is 9.62. The second kappa shape index (κ2) is 10.1. The molecule has 2 saturated heterocycles. The molecule has 2 N–H and O–H groups in total. The predicted molar refractivity (Wildman–Crippen MR) is 144 cm³/mol. The van der Waals surface area contributed by atoms with E-state index in [2.05, 4.69) is 52.4 Å². The second-order valence-electron chi connectivity index (χ2n) is 10.0. The molecule has 3 atom stereocenters. The van der Waals surface area contributed by atoms with E-state index in [-0.39, 0.29) is 6.10 Å². The molecule has 0 spiro atoms. The Hall–Kier alpha value is -3.17. The number of likely N-dealkylation sites (N-methyl/N-ethyl adjacent to an activating group) is 1. The topological polar surface area (TPSA) is 94.0 Å². The number of fused-ring (bicyclic) bond motifs is 1. The number of aromatic nitrogens is 3. The quantitative estimate of drug-likeness (QED) is 0.418. The number of amidine groups is 1. The predicted octanol–water partition coefficient (Wildman–Crippen LogP) is 3.15. The number of rotatable bonds is 6. The van der Waals surface area contributed by atoms with Crippen LogP contribution in [-0.4, -0.2) is 84.4 Å². The van der Waals surface area contributed by atoms with Gasteiger partial charge in [-0.2, -0.15) is 0 Å². The molecule has 2 aromatic heterocycles. The van der Waals surface area contributed by atoms with Crippen molar-refractivity contribution in [2.45, 2.75) is 51.4 Å². The zero-order chi connectivity index (χ0) is 25.4. The molecule has 2 fully saturated rings. The second-order valence-corrected chi connectivity index (χ2v) is 10.0. The summed E-state index contributed by atoms with van der Waals surface area (Å²) in [6, 6.07) is 9.14. The van der Waals surface area contributed by atoms with E-state index in [9.17, 15) is 0 Å². The van der Waals surface area contributed by atoms with Crippen molar-refractivity contribution in [2.75, 3.05) is 45.8 Å². The highest BCUT2D eigenvalue weighted by molar-refractivity contribution is 6.02. The lowest BCUT2D eigenvalue weighted by Gasteiger charge is -2.31. The van der Waals surface area contributed by atoms with Crippen molar-refractivity contribution < 1.29 is 9.47 Å². The summed E-state index contributed by atoms with van der Waals surface area (Å²) in [5, 5.41) is 0. The highest BCUT2D eigenvalue weighted by Gasteiger charge is 2.29. The van der Waals surface area contributed by atoms with Crippen molar-refractivity contribution >= 4 is 22.7 Å². The van der Waals surface area contributed by atoms with Crippen LogP contribution in [0.4, 0.5) is 5.82 Å². The van der Waals surface area contributed by atoms with Crippen molar-refractivity contribution in [3.8, 4) is 17.1 Å². The van der Waals surface area contributed by atoms with Crippen LogP contribution in [0.1, 0.15) is 32.3 Å². The fourth-order valence-electron chi connectivity index (χ4n) is 5.56. The molecule has 3 aromatic rings. The Morgan fingerprint density at radius 1 is 1.22 bits per heavy atom. The Bertz CT molecular complexity index is 1240. The van der Waals surface area contributed by atoms with E-state index in [1.54, 1.807) is 14.2 Å². The monoisotopic (exact) mass is 491 g/mol. The lowest BCUT2D eigenvalue weighted by molar-refractivity contribution is -0.0267. The van der Waals surface area contributed by atoms with Crippen LogP contribution in [0.5, 0.6) is 5.75 Å². The van der Waals surface area contributed by atoms with Gasteiger partial charge in [-0.1, -0.05) is 0 Å². The van der Waals surface area contributed by atoms with Crippen LogP contribution in [0.3, 0.4) is 0 Å². The SMILES string of the molecule is CN=C(N)c1cc(OC)c2c(c1)nc(-c1ccc(N3[C@@H](C)CC[C@@H]3C)nc1)n2C[C@@H]1CN(C)CCO1. The van der Waals surface area contributed by atoms with E-state index < -0.39 is 0 Å². The highest BCUT2D eigenvalue weighted by Crippen LogP contribution is 2.34. The largest absolute Gasteiger partial charge is 0.494 e. The molecular weight excluding hydrogens is 454 g/mol. The van der Waals surface area contributed by atoms with Gasteiger partial charge in [-0.05, 0) is 58.0 Å². The van der Waals surface area contributed by atoms with Gasteiger partial charge < -0.3 is 29.6 Å². The maximum atomic E-state index is 6.15. The molecule has 2 aliphatic rings. The molecule has 9 nitrogen and oxygen atoms in total. The molecule has 4 heterocycles. The van der Waals surface area contributed by atoms with E-state index in [0.717, 1.165) is 53.5 Å². The number of nitrogens with two attached hydrogens (primary N) is 1. The van der Waals surface area contributed by atoms with Gasteiger partial charge in [-0.25, -0.2) is 9.97 Å². The van der Waals surface area contributed by atoms with E-state index in [1.165, 1.54) is 12.8 Å². The Labute approximate surface area is 212 Å². The smallest absolute Gasteiger partial charge is 0.145 e. The number of anilines is 1. The maximum absolute atomic E-state index is 6.15. The van der Waals surface area contributed by atoms with Crippen LogP contribution in [0, 0.1) is 0 Å². The van der Waals surface area contributed by atoms with Crippen molar-refractivity contribution in [3.63, 3.8) is 0 Å². The summed E-state index contributed by atoms with van der Waals surface area (Å²) >= 11 is 0. The minimum Gasteiger partial charge on any atom is -0.494 e. The molecular formula is C27H37N7O2. The maximum Gasteiger partial charge on any atom is 0.145 e. The van der Waals surface area contributed by atoms with Gasteiger partial charge in [0.05, 0.1) is 31.9 Å². The molecule has 9 heteroatoms. The lowest BCUT2D eigenvalue weighted by Crippen LogP contribution is -2.42. The number of hydrogen-bond acceptors (Lipinski definition) is 7. The molecule has 0 radical (unpaired) electrons. The van der Waals surface area contributed by atoms with Crippen LogP contribution >= 0.6 is 0 Å². The Kier molecular flexibility index (Phi) is 6.85. The first kappa shape index (κ1) is 24.5. The number of aliphatic imine (C=N–C) groups is 1. The number of ether oxygens (including phenoxy) is 2. The zero-order valence-electron chi connectivity index (χ0n) is 21.9. The van der Waals surface area contributed by atoms with Gasteiger partial charge in [0.2, 0.25) is 0 Å². The number of imidazole rings is 1. The minimum absolute atomic E-state index is 0.0464. The third-order valence-electron chi connectivity index (χ3n) is 7.51. The van der Waals surface area contributed by atoms with Crippen LogP contribution in [0.2, 0.25) is 0 Å². The molecule has 1 aromatic carbocycles. The fourth-order valence-corrected chi connectivity index (χ4v) is 5.56. The van der Waals surface area contributed by atoms with E-state index in [4.69, 9.17) is 25.2 Å². The van der Waals surface area contributed by atoms with Crippen LogP contribution in [0.25, 0.3) is 22.4 Å². The van der Waals surface area contributed by atoms with E-state index >= 15 is 0 Å². The molecule has 0 saturated carbocycles. The fraction of sp³-hybridized carbons (Fsp3) is 0.519. The van der Waals surface area contributed by atoms with Crippen molar-refractivity contribution in [2.24, 2.45) is 10.7 Å². The third-order valence-corrected chi connectivity index (χ3v) is 7.51. The van der Waals surface area contributed by atoms with Gasteiger partial charge in [0, 0.05) is 49.5 Å². The zero-order valence-corrected chi connectivity index (χ0v) is 21.9. The minimum atomic E-state index is 0.0464. The average molecular weight is 492 g/mol. The van der Waals surface area contributed by atoms with Gasteiger partial charge in [0.1, 0.15) is 28.7 Å². The first-order valence-electron chi connectivity index (χ1n) is 12.8. The summed E-state index contributed by atoms with van der Waals surface area (Å²) in [4.78, 5) is 18.8. The number of hydrogen-bond donors (Lipinski definition) is 1. The molecule has 2 aliphatic heterocycles. The van der Waals surface area contributed by atoms with E-state index in [1.807, 2.05) is 18.3 Å². The number of pyridine rings is 1. The Morgan fingerprint density at radius 2 is 2.00 bits per heavy atom. The first-order valence-corrected chi connectivity index (χ1v) is 12.8. The summed E-state index contributed by atoms with van der Waals surface area (Å²) in [7, 11) is 5.49. The van der Waals surface area contributed by atoms with E-state index in [0.29, 0.717) is 30.2 Å². The number of methoxy groups -OCH3 is 1. The molecule has 0 bridgehead atoms. The molecule has 0 amide bonds. The van der Waals surface area contributed by atoms with Gasteiger partial charge in [0.25, 0.3) is 0 Å². The number of nitrogens with zero attached hydrogens (tertiary/aromatic N) is 6. The molecule has 0 aliphatic carbocycles. The molecule has 192 valence electrons. The third kappa shape index (κ3) is 4.53. The standard InChI is InChI=1S/C27H37N7O2/c1-17-6-7-18(2)34(17)24-9-8-19(14-30-24)27-31-22-12-20(26(28)29-3)13-23(35-5)25(22)33(27)16-21-15-32(4)10-11-36-21/h8-9,12-14,17-18,21H,6-7,10-11,15-16H2,1-5H3,(H2,28,29)/t17-,18-,21-/m0/s1. The van der Waals surface area contributed by atoms with Crippen molar-refractivity contribution in [1.82, 2.24) is 19.4 Å². The van der Waals surface area contributed by atoms with Gasteiger partial charge in [0.15, 0.2) is 0 Å². The normalized spacial score (nSPS) is 23.5. The summed E-state index contributed by atoms with van der Waals surface area (Å²) < 4.78 is 14.2. The van der Waals surface area contributed by atoms with Gasteiger partial charge in [-0.15, -0.1) is 0 Å². The summed E-state index contributed by atoms with van der Waals surface area (Å²) in [6.45, 7) is 7.72. The molecule has 5 rings (SSSR count). The number of morpholine rings is 1.